The quantitative estimate of drug-likeness (QED) is 0.571. The molecule has 3 N–H and O–H groups in total. The second-order valence-corrected chi connectivity index (χ2v) is 3.40. The molecule has 4 nitrogen and oxygen atoms in total. The van der Waals surface area contributed by atoms with Gasteiger partial charge in [-0.25, -0.2) is 0 Å². The highest BCUT2D eigenvalue weighted by Crippen LogP contribution is 2.25. The molecule has 5 atom stereocenters. The summed E-state index contributed by atoms with van der Waals surface area (Å²) in [4.78, 5) is 0. The van der Waals surface area contributed by atoms with Crippen LogP contribution in [0.5, 0.6) is 0 Å². The Labute approximate surface area is 85.5 Å². The van der Waals surface area contributed by atoms with E-state index in [9.17, 15) is 10.2 Å². The van der Waals surface area contributed by atoms with E-state index in [1.54, 1.807) is 13.8 Å². The molecule has 86 valence electrons. The topological polar surface area (TPSA) is 69.9 Å². The van der Waals surface area contributed by atoms with Crippen LogP contribution in [-0.4, -0.2) is 46.3 Å². The average molecular weight is 206 g/mol. The molecule has 1 saturated heterocycles. The van der Waals surface area contributed by atoms with E-state index in [1.807, 2.05) is 13.8 Å². The van der Waals surface area contributed by atoms with Crippen LogP contribution in [0.4, 0.5) is 0 Å². The first kappa shape index (κ1) is 13.8. The Bertz CT molecular complexity index is 146. The van der Waals surface area contributed by atoms with Gasteiger partial charge in [-0.2, -0.15) is 0 Å². The smallest absolute Gasteiger partial charge is 0.107 e. The SMILES string of the molecule is CC.CC1OC(CO)C(O)C(C)C1O. The van der Waals surface area contributed by atoms with Crippen LogP contribution in [0.25, 0.3) is 0 Å². The molecule has 1 fully saturated rings. The second kappa shape index (κ2) is 6.35. The summed E-state index contributed by atoms with van der Waals surface area (Å²) in [6.07, 6.45) is -2.30. The van der Waals surface area contributed by atoms with Crippen molar-refractivity contribution in [2.24, 2.45) is 5.92 Å². The summed E-state index contributed by atoms with van der Waals surface area (Å²) in [5.74, 6) is -0.245. The van der Waals surface area contributed by atoms with Crippen LogP contribution in [-0.2, 0) is 4.74 Å². The maximum absolute atomic E-state index is 9.48. The van der Waals surface area contributed by atoms with E-state index < -0.39 is 18.3 Å². The van der Waals surface area contributed by atoms with Crippen molar-refractivity contribution >= 4 is 0 Å². The van der Waals surface area contributed by atoms with Crippen LogP contribution in [0.3, 0.4) is 0 Å². The Balaban J connectivity index is 0.000000791. The van der Waals surface area contributed by atoms with Gasteiger partial charge in [0.15, 0.2) is 0 Å². The highest BCUT2D eigenvalue weighted by molar-refractivity contribution is 4.87. The molecule has 0 saturated carbocycles. The van der Waals surface area contributed by atoms with Gasteiger partial charge in [0.2, 0.25) is 0 Å². The fourth-order valence-electron chi connectivity index (χ4n) is 1.56. The summed E-state index contributed by atoms with van der Waals surface area (Å²) < 4.78 is 5.18. The lowest BCUT2D eigenvalue weighted by Crippen LogP contribution is -2.53. The molecule has 5 unspecified atom stereocenters. The number of rotatable bonds is 1. The average Bonchev–Trinajstić information content (AvgIpc) is 2.23. The van der Waals surface area contributed by atoms with Crippen molar-refractivity contribution in [2.45, 2.75) is 52.1 Å². The van der Waals surface area contributed by atoms with Crippen molar-refractivity contribution in [2.75, 3.05) is 6.61 Å². The van der Waals surface area contributed by atoms with Gasteiger partial charge in [0.25, 0.3) is 0 Å². The van der Waals surface area contributed by atoms with Crippen LogP contribution in [0.1, 0.15) is 27.7 Å². The van der Waals surface area contributed by atoms with Crippen LogP contribution in [0.2, 0.25) is 0 Å². The first-order chi connectivity index (χ1) is 6.57. The normalized spacial score (nSPS) is 42.6. The molecule has 0 aromatic carbocycles. The summed E-state index contributed by atoms with van der Waals surface area (Å²) in [5.41, 5.74) is 0. The van der Waals surface area contributed by atoms with Gasteiger partial charge in [-0.1, -0.05) is 20.8 Å². The van der Waals surface area contributed by atoms with E-state index in [0.29, 0.717) is 0 Å². The fourth-order valence-corrected chi connectivity index (χ4v) is 1.56. The van der Waals surface area contributed by atoms with E-state index in [4.69, 9.17) is 9.84 Å². The second-order valence-electron chi connectivity index (χ2n) is 3.40. The minimum atomic E-state index is -0.777. The van der Waals surface area contributed by atoms with Gasteiger partial charge in [-0.05, 0) is 6.92 Å². The standard InChI is InChI=1S/C8H16O4.C2H6/c1-4-7(10)5(2)12-6(3-9)8(4)11;1-2/h4-11H,3H2,1-2H3;1-2H3. The molecule has 0 bridgehead atoms. The number of hydrogen-bond donors (Lipinski definition) is 3. The third-order valence-corrected chi connectivity index (χ3v) is 2.51. The van der Waals surface area contributed by atoms with Crippen molar-refractivity contribution in [3.63, 3.8) is 0 Å². The van der Waals surface area contributed by atoms with Crippen LogP contribution >= 0.6 is 0 Å². The maximum atomic E-state index is 9.48. The third-order valence-electron chi connectivity index (χ3n) is 2.51. The van der Waals surface area contributed by atoms with E-state index in [2.05, 4.69) is 0 Å². The van der Waals surface area contributed by atoms with Gasteiger partial charge in [0, 0.05) is 5.92 Å². The molecular weight excluding hydrogens is 184 g/mol. The highest BCUT2D eigenvalue weighted by atomic mass is 16.5. The molecule has 0 radical (unpaired) electrons. The lowest BCUT2D eigenvalue weighted by Gasteiger charge is -2.39. The van der Waals surface area contributed by atoms with Gasteiger partial charge in [0.1, 0.15) is 6.10 Å². The molecule has 14 heavy (non-hydrogen) atoms. The molecule has 4 heteroatoms. The van der Waals surface area contributed by atoms with Crippen LogP contribution in [0, 0.1) is 5.92 Å². The molecule has 0 aliphatic carbocycles. The van der Waals surface area contributed by atoms with Crippen LogP contribution < -0.4 is 0 Å². The Kier molecular flexibility index (Phi) is 6.27. The van der Waals surface area contributed by atoms with Gasteiger partial charge >= 0.3 is 0 Å². The van der Waals surface area contributed by atoms with Crippen molar-refractivity contribution < 1.29 is 20.1 Å². The van der Waals surface area contributed by atoms with Gasteiger partial charge in [-0.15, -0.1) is 0 Å². The van der Waals surface area contributed by atoms with E-state index in [0.717, 1.165) is 0 Å². The number of ether oxygens (including phenoxy) is 1. The molecule has 1 rings (SSSR count). The minimum Gasteiger partial charge on any atom is -0.394 e. The molecule has 0 spiro atoms. The summed E-state index contributed by atoms with van der Waals surface area (Å²) in [6, 6.07) is 0. The minimum absolute atomic E-state index is 0.206. The van der Waals surface area contributed by atoms with Crippen molar-refractivity contribution in [1.29, 1.82) is 0 Å². The largest absolute Gasteiger partial charge is 0.394 e. The predicted molar refractivity (Wildman–Crippen MR) is 53.9 cm³/mol. The first-order valence-electron chi connectivity index (χ1n) is 5.20. The summed E-state index contributed by atoms with van der Waals surface area (Å²) in [6.45, 7) is 7.27. The maximum Gasteiger partial charge on any atom is 0.107 e. The lowest BCUT2D eigenvalue weighted by atomic mass is 9.88. The monoisotopic (exact) mass is 206 g/mol. The molecule has 0 aromatic rings. The molecule has 1 heterocycles. The zero-order chi connectivity index (χ0) is 11.3. The molecule has 1 aliphatic heterocycles. The van der Waals surface area contributed by atoms with Crippen molar-refractivity contribution in [3.8, 4) is 0 Å². The fraction of sp³-hybridized carbons (Fsp3) is 1.00. The van der Waals surface area contributed by atoms with Gasteiger partial charge < -0.3 is 20.1 Å². The Morgan fingerprint density at radius 1 is 1.07 bits per heavy atom. The predicted octanol–water partition coefficient (Wildman–Crippen LogP) is 0.150. The van der Waals surface area contributed by atoms with Crippen LogP contribution in [0.15, 0.2) is 0 Å². The highest BCUT2D eigenvalue weighted by Gasteiger charge is 2.39. The Morgan fingerprint density at radius 2 is 1.57 bits per heavy atom. The number of aliphatic hydroxyl groups excluding tert-OH is 3. The molecule has 1 aliphatic rings. The Hall–Kier alpha value is -0.160. The van der Waals surface area contributed by atoms with E-state index in [-0.39, 0.29) is 18.6 Å². The van der Waals surface area contributed by atoms with E-state index >= 15 is 0 Å². The number of hydrogen-bond acceptors (Lipinski definition) is 4. The van der Waals surface area contributed by atoms with Crippen molar-refractivity contribution in [1.82, 2.24) is 0 Å². The van der Waals surface area contributed by atoms with E-state index in [1.165, 1.54) is 0 Å². The van der Waals surface area contributed by atoms with Gasteiger partial charge in [0.05, 0.1) is 24.9 Å². The molecule has 0 amide bonds. The zero-order valence-electron chi connectivity index (χ0n) is 9.34. The third kappa shape index (κ3) is 2.92. The summed E-state index contributed by atoms with van der Waals surface area (Å²) >= 11 is 0. The first-order valence-corrected chi connectivity index (χ1v) is 5.20. The lowest BCUT2D eigenvalue weighted by molar-refractivity contribution is -0.199. The summed E-state index contributed by atoms with van der Waals surface area (Å²) in [7, 11) is 0. The number of aliphatic hydroxyl groups is 3. The summed E-state index contributed by atoms with van der Waals surface area (Å²) in [5, 5.41) is 27.8. The molecule has 0 aromatic heterocycles. The zero-order valence-corrected chi connectivity index (χ0v) is 9.34. The van der Waals surface area contributed by atoms with Gasteiger partial charge in [-0.3, -0.25) is 0 Å². The molecular formula is C10H22O4. The Morgan fingerprint density at radius 3 is 2.00 bits per heavy atom. The van der Waals surface area contributed by atoms with Crippen molar-refractivity contribution in [3.05, 3.63) is 0 Å².